The monoisotopic (exact) mass is 525 g/mol. The fourth-order valence-corrected chi connectivity index (χ4v) is 4.88. The molecule has 0 unspecified atom stereocenters. The van der Waals surface area contributed by atoms with Gasteiger partial charge < -0.3 is 10.0 Å². The predicted octanol–water partition coefficient (Wildman–Crippen LogP) is 3.67. The quantitative estimate of drug-likeness (QED) is 0.415. The zero-order valence-corrected chi connectivity index (χ0v) is 20.4. The van der Waals surface area contributed by atoms with E-state index >= 15 is 0 Å². The number of para-hydroxylation sites is 1. The fourth-order valence-electron chi connectivity index (χ4n) is 4.88. The summed E-state index contributed by atoms with van der Waals surface area (Å²) in [6, 6.07) is 16.6. The maximum atomic E-state index is 13.7. The van der Waals surface area contributed by atoms with Crippen molar-refractivity contribution < 1.29 is 23.1 Å². The van der Waals surface area contributed by atoms with Gasteiger partial charge in [-0.2, -0.15) is 18.3 Å². The van der Waals surface area contributed by atoms with Crippen LogP contribution in [0.3, 0.4) is 0 Å². The first kappa shape index (κ1) is 25.7. The number of carbonyl (C=O) groups excluding carboxylic acids is 1. The van der Waals surface area contributed by atoms with Crippen LogP contribution >= 0.6 is 0 Å². The van der Waals surface area contributed by atoms with E-state index < -0.39 is 30.0 Å². The van der Waals surface area contributed by atoms with Crippen LogP contribution in [0.5, 0.6) is 0 Å². The van der Waals surface area contributed by atoms with Crippen molar-refractivity contribution in [3.63, 3.8) is 0 Å². The third-order valence-corrected chi connectivity index (χ3v) is 7.04. The first-order valence-corrected chi connectivity index (χ1v) is 12.2. The molecule has 2 aromatic heterocycles. The van der Waals surface area contributed by atoms with Crippen LogP contribution in [0.15, 0.2) is 78.0 Å². The highest BCUT2D eigenvalue weighted by atomic mass is 19.4. The van der Waals surface area contributed by atoms with Crippen molar-refractivity contribution in [2.24, 2.45) is 0 Å². The van der Waals surface area contributed by atoms with Crippen molar-refractivity contribution >= 4 is 16.9 Å². The smallest absolute Gasteiger partial charge is 0.388 e. The van der Waals surface area contributed by atoms with Crippen molar-refractivity contribution in [2.75, 3.05) is 13.1 Å². The summed E-state index contributed by atoms with van der Waals surface area (Å²) < 4.78 is 43.9. The van der Waals surface area contributed by atoms with Crippen molar-refractivity contribution in [3.8, 4) is 5.69 Å². The number of aromatic nitrogens is 4. The molecule has 198 valence electrons. The molecule has 0 radical (unpaired) electrons. The number of rotatable bonds is 6. The molecule has 1 N–H and O–H groups in total. The molecule has 1 saturated heterocycles. The van der Waals surface area contributed by atoms with Gasteiger partial charge in [0, 0.05) is 19.5 Å². The minimum Gasteiger partial charge on any atom is -0.388 e. The largest absolute Gasteiger partial charge is 0.396 e. The molecule has 8 nitrogen and oxygen atoms in total. The predicted molar refractivity (Wildman–Crippen MR) is 134 cm³/mol. The highest BCUT2D eigenvalue weighted by Gasteiger charge is 2.43. The number of hydrogen-bond donors (Lipinski definition) is 1. The van der Waals surface area contributed by atoms with Crippen LogP contribution in [0, 0.1) is 0 Å². The van der Waals surface area contributed by atoms with Crippen LogP contribution in [-0.4, -0.2) is 60.1 Å². The first-order chi connectivity index (χ1) is 18.1. The number of hydrogen-bond acceptors (Lipinski definition) is 5. The molecule has 1 aliphatic rings. The summed E-state index contributed by atoms with van der Waals surface area (Å²) >= 11 is 0. The van der Waals surface area contributed by atoms with Gasteiger partial charge in [0.15, 0.2) is 5.65 Å². The zero-order valence-electron chi connectivity index (χ0n) is 20.4. The molecular weight excluding hydrogens is 499 g/mol. The van der Waals surface area contributed by atoms with Crippen LogP contribution < -0.4 is 5.56 Å². The van der Waals surface area contributed by atoms with Gasteiger partial charge >= 0.3 is 6.18 Å². The lowest BCUT2D eigenvalue weighted by Crippen LogP contribution is -2.50. The van der Waals surface area contributed by atoms with Gasteiger partial charge in [0.25, 0.3) is 5.56 Å². The van der Waals surface area contributed by atoms with E-state index in [4.69, 9.17) is 0 Å². The number of fused-ring (bicyclic) bond motifs is 1. The molecule has 0 aliphatic carbocycles. The maximum Gasteiger partial charge on any atom is 0.396 e. The second kappa shape index (κ2) is 10.1. The lowest BCUT2D eigenvalue weighted by molar-refractivity contribution is -0.162. The number of aliphatic hydroxyl groups is 1. The fraction of sp³-hybridized carbons (Fsp3) is 0.333. The van der Waals surface area contributed by atoms with E-state index in [2.05, 4.69) is 10.1 Å². The second-order valence-corrected chi connectivity index (χ2v) is 9.62. The van der Waals surface area contributed by atoms with Crippen molar-refractivity contribution in [1.29, 1.82) is 0 Å². The number of nitrogens with zero attached hydrogens (tertiary/aromatic N) is 5. The van der Waals surface area contributed by atoms with E-state index in [-0.39, 0.29) is 43.6 Å². The third-order valence-electron chi connectivity index (χ3n) is 7.04. The first-order valence-electron chi connectivity index (χ1n) is 12.2. The number of carbonyl (C=O) groups is 1. The number of halogens is 3. The Labute approximate surface area is 216 Å². The molecule has 1 atom stereocenters. The minimum atomic E-state index is -4.56. The topological polar surface area (TPSA) is 93.2 Å². The molecule has 0 saturated carbocycles. The third kappa shape index (κ3) is 5.19. The average Bonchev–Trinajstić information content (AvgIpc) is 3.34. The zero-order chi connectivity index (χ0) is 26.9. The summed E-state index contributed by atoms with van der Waals surface area (Å²) in [7, 11) is 0. The van der Waals surface area contributed by atoms with Crippen LogP contribution in [0.2, 0.25) is 0 Å². The summed E-state index contributed by atoms with van der Waals surface area (Å²) in [5.41, 5.74) is -0.487. The molecule has 1 aliphatic heterocycles. The Kier molecular flexibility index (Phi) is 6.78. The molecule has 1 fully saturated rings. The summed E-state index contributed by atoms with van der Waals surface area (Å²) in [6.07, 6.45) is -2.23. The Morgan fingerprint density at radius 1 is 1.03 bits per heavy atom. The molecule has 1 amide bonds. The number of piperidine rings is 1. The van der Waals surface area contributed by atoms with Gasteiger partial charge in [0.05, 0.1) is 29.9 Å². The Morgan fingerprint density at radius 2 is 1.66 bits per heavy atom. The van der Waals surface area contributed by atoms with Gasteiger partial charge in [0.2, 0.25) is 5.91 Å². The number of amides is 1. The van der Waals surface area contributed by atoms with Crippen LogP contribution in [-0.2, 0) is 11.3 Å². The highest BCUT2D eigenvalue weighted by molar-refractivity contribution is 5.77. The molecular formula is C27H26F3N5O3. The summed E-state index contributed by atoms with van der Waals surface area (Å²) in [6.45, 7) is 0.124. The van der Waals surface area contributed by atoms with Gasteiger partial charge in [0.1, 0.15) is 11.7 Å². The molecule has 0 spiro atoms. The SMILES string of the molecule is O=C(C[C@@H](c1ccccc1)C(F)(F)F)N1CCC(O)(Cn2cnc3c(cnn3-c3ccccc3)c2=O)CC1. The van der Waals surface area contributed by atoms with Crippen LogP contribution in [0.4, 0.5) is 13.2 Å². The molecule has 38 heavy (non-hydrogen) atoms. The molecule has 4 aromatic rings. The number of benzene rings is 2. The molecule has 3 heterocycles. The Morgan fingerprint density at radius 3 is 2.29 bits per heavy atom. The molecule has 0 bridgehead atoms. The number of alkyl halides is 3. The molecule has 11 heteroatoms. The van der Waals surface area contributed by atoms with E-state index in [1.807, 2.05) is 30.3 Å². The van der Waals surface area contributed by atoms with E-state index in [1.165, 1.54) is 46.3 Å². The van der Waals surface area contributed by atoms with Gasteiger partial charge in [-0.15, -0.1) is 0 Å². The summed E-state index contributed by atoms with van der Waals surface area (Å²) in [5.74, 6) is -2.52. The van der Waals surface area contributed by atoms with Crippen molar-refractivity contribution in [2.45, 2.75) is 43.5 Å². The van der Waals surface area contributed by atoms with E-state index in [1.54, 1.807) is 10.7 Å². The Hall–Kier alpha value is -3.99. The van der Waals surface area contributed by atoms with Crippen molar-refractivity contribution in [1.82, 2.24) is 24.2 Å². The highest BCUT2D eigenvalue weighted by Crippen LogP contribution is 2.38. The van der Waals surface area contributed by atoms with Gasteiger partial charge in [-0.3, -0.25) is 14.2 Å². The Bertz CT molecular complexity index is 1480. The van der Waals surface area contributed by atoms with Crippen LogP contribution in [0.1, 0.15) is 30.7 Å². The van der Waals surface area contributed by atoms with E-state index in [0.717, 1.165) is 5.69 Å². The van der Waals surface area contributed by atoms with E-state index in [0.29, 0.717) is 11.0 Å². The van der Waals surface area contributed by atoms with E-state index in [9.17, 15) is 27.9 Å². The van der Waals surface area contributed by atoms with Crippen molar-refractivity contribution in [3.05, 3.63) is 89.1 Å². The molecule has 5 rings (SSSR count). The maximum absolute atomic E-state index is 13.7. The van der Waals surface area contributed by atoms with Crippen LogP contribution in [0.25, 0.3) is 16.7 Å². The minimum absolute atomic E-state index is 0.0414. The average molecular weight is 526 g/mol. The molecule has 2 aromatic carbocycles. The number of likely N-dealkylation sites (tertiary alicyclic amines) is 1. The van der Waals surface area contributed by atoms with Gasteiger partial charge in [-0.1, -0.05) is 48.5 Å². The lowest BCUT2D eigenvalue weighted by atomic mass is 9.90. The second-order valence-electron chi connectivity index (χ2n) is 9.62. The summed E-state index contributed by atoms with van der Waals surface area (Å²) in [4.78, 5) is 31.6. The lowest BCUT2D eigenvalue weighted by Gasteiger charge is -2.39. The normalized spacial score (nSPS) is 16.5. The van der Waals surface area contributed by atoms with Gasteiger partial charge in [-0.05, 0) is 30.5 Å². The van der Waals surface area contributed by atoms with Gasteiger partial charge in [-0.25, -0.2) is 9.67 Å². The standard InChI is InChI=1S/C27H26F3N5O3/c28-27(29,30)22(19-7-3-1-4-8-19)15-23(36)33-13-11-26(38,12-14-33)17-34-18-31-24-21(25(34)37)16-32-35(24)20-9-5-2-6-10-20/h1-10,16,18,22,38H,11-15,17H2/t22-/m0/s1. The Balaban J connectivity index is 1.26. The summed E-state index contributed by atoms with van der Waals surface area (Å²) in [5, 5.41) is 15.7.